The largest absolute Gasteiger partial charge is 0.493 e. The molecule has 0 aliphatic heterocycles. The summed E-state index contributed by atoms with van der Waals surface area (Å²) in [5, 5.41) is 3.07. The summed E-state index contributed by atoms with van der Waals surface area (Å²) in [5.74, 6) is 2.59. The van der Waals surface area contributed by atoms with E-state index in [1.165, 1.54) is 0 Å². The lowest BCUT2D eigenvalue weighted by Gasteiger charge is -2.13. The lowest BCUT2D eigenvalue weighted by Crippen LogP contribution is -2.03. The van der Waals surface area contributed by atoms with E-state index in [0.717, 1.165) is 17.9 Å². The van der Waals surface area contributed by atoms with Crippen molar-refractivity contribution in [3.05, 3.63) is 41.9 Å². The molecule has 2 aromatic rings. The molecule has 2 rings (SSSR count). The van der Waals surface area contributed by atoms with Crippen LogP contribution in [-0.4, -0.2) is 21.3 Å². The Bertz CT molecular complexity index is 528. The third kappa shape index (κ3) is 3.24. The maximum atomic E-state index is 5.76. The zero-order valence-corrected chi connectivity index (χ0v) is 11.9. The molecular weight excluding hydrogens is 258 g/mol. The molecule has 108 valence electrons. The van der Waals surface area contributed by atoms with Gasteiger partial charge in [0.25, 0.3) is 0 Å². The molecule has 0 aliphatic rings. The van der Waals surface area contributed by atoms with Crippen LogP contribution in [0.3, 0.4) is 0 Å². The lowest BCUT2D eigenvalue weighted by molar-refractivity contribution is 0.242. The molecule has 0 atom stereocenters. The Hall–Kier alpha value is -2.14. The third-order valence-corrected chi connectivity index (χ3v) is 2.83. The van der Waals surface area contributed by atoms with Crippen molar-refractivity contribution in [3.8, 4) is 17.2 Å². The Morgan fingerprint density at radius 3 is 2.45 bits per heavy atom. The van der Waals surface area contributed by atoms with Gasteiger partial charge in [-0.25, -0.2) is 0 Å². The number of hydrogen-bond acceptors (Lipinski definition) is 5. The normalized spacial score (nSPS) is 10.3. The van der Waals surface area contributed by atoms with Gasteiger partial charge in [-0.1, -0.05) is 6.07 Å². The first-order valence-corrected chi connectivity index (χ1v) is 6.33. The number of rotatable bonds is 7. The Morgan fingerprint density at radius 1 is 1.15 bits per heavy atom. The molecule has 20 heavy (non-hydrogen) atoms. The summed E-state index contributed by atoms with van der Waals surface area (Å²) in [4.78, 5) is 0. The molecule has 0 aliphatic carbocycles. The molecule has 0 saturated carbocycles. The molecule has 1 N–H and O–H groups in total. The molecule has 0 amide bonds. The Balaban J connectivity index is 2.09. The van der Waals surface area contributed by atoms with E-state index in [1.807, 2.05) is 31.3 Å². The fraction of sp³-hybridized carbons (Fsp3) is 0.333. The van der Waals surface area contributed by atoms with E-state index < -0.39 is 0 Å². The minimum absolute atomic E-state index is 0.320. The van der Waals surface area contributed by atoms with Crippen molar-refractivity contribution in [1.29, 1.82) is 0 Å². The minimum Gasteiger partial charge on any atom is -0.493 e. The van der Waals surface area contributed by atoms with Crippen LogP contribution in [0.15, 0.2) is 34.9 Å². The van der Waals surface area contributed by atoms with Crippen molar-refractivity contribution in [2.45, 2.75) is 13.2 Å². The summed E-state index contributed by atoms with van der Waals surface area (Å²) < 4.78 is 21.8. The molecule has 1 aromatic carbocycles. The number of para-hydroxylation sites is 1. The molecule has 1 heterocycles. The smallest absolute Gasteiger partial charge is 0.203 e. The second-order valence-electron chi connectivity index (χ2n) is 4.23. The standard InChI is InChI=1S/C15H19NO4/c1-16-8-11-7-12(19-9-11)10-20-15-13(17-2)5-4-6-14(15)18-3/h4-7,9,16H,8,10H2,1-3H3. The fourth-order valence-electron chi connectivity index (χ4n) is 1.90. The topological polar surface area (TPSA) is 52.9 Å². The number of furan rings is 1. The first-order valence-electron chi connectivity index (χ1n) is 6.33. The summed E-state index contributed by atoms with van der Waals surface area (Å²) in [7, 11) is 5.09. The highest BCUT2D eigenvalue weighted by Crippen LogP contribution is 2.37. The predicted molar refractivity (Wildman–Crippen MR) is 75.3 cm³/mol. The second-order valence-corrected chi connectivity index (χ2v) is 4.23. The molecular formula is C15H19NO4. The maximum Gasteiger partial charge on any atom is 0.203 e. The number of methoxy groups -OCH3 is 2. The van der Waals surface area contributed by atoms with E-state index in [-0.39, 0.29) is 0 Å². The van der Waals surface area contributed by atoms with Crippen LogP contribution in [0.2, 0.25) is 0 Å². The van der Waals surface area contributed by atoms with Gasteiger partial charge in [0.2, 0.25) is 5.75 Å². The monoisotopic (exact) mass is 277 g/mol. The average Bonchev–Trinajstić information content (AvgIpc) is 2.92. The first-order chi connectivity index (χ1) is 9.78. The number of ether oxygens (including phenoxy) is 3. The van der Waals surface area contributed by atoms with Crippen LogP contribution < -0.4 is 19.5 Å². The van der Waals surface area contributed by atoms with E-state index >= 15 is 0 Å². The van der Waals surface area contributed by atoms with Crippen molar-refractivity contribution in [2.75, 3.05) is 21.3 Å². The van der Waals surface area contributed by atoms with E-state index in [9.17, 15) is 0 Å². The fourth-order valence-corrected chi connectivity index (χ4v) is 1.90. The highest BCUT2D eigenvalue weighted by atomic mass is 16.5. The van der Waals surface area contributed by atoms with E-state index in [4.69, 9.17) is 18.6 Å². The van der Waals surface area contributed by atoms with Gasteiger partial charge in [0.15, 0.2) is 11.5 Å². The van der Waals surface area contributed by atoms with Crippen LogP contribution in [0, 0.1) is 0 Å². The van der Waals surface area contributed by atoms with Gasteiger partial charge in [-0.15, -0.1) is 0 Å². The predicted octanol–water partition coefficient (Wildman–Crippen LogP) is 2.60. The lowest BCUT2D eigenvalue weighted by atomic mass is 10.3. The summed E-state index contributed by atoms with van der Waals surface area (Å²) in [6.07, 6.45) is 1.72. The van der Waals surface area contributed by atoms with Gasteiger partial charge in [-0.2, -0.15) is 0 Å². The Labute approximate surface area is 118 Å². The van der Waals surface area contributed by atoms with Gasteiger partial charge in [0.1, 0.15) is 12.4 Å². The van der Waals surface area contributed by atoms with Crippen molar-refractivity contribution in [1.82, 2.24) is 5.32 Å². The zero-order valence-electron chi connectivity index (χ0n) is 11.9. The van der Waals surface area contributed by atoms with Gasteiger partial charge >= 0.3 is 0 Å². The highest BCUT2D eigenvalue weighted by molar-refractivity contribution is 5.51. The minimum atomic E-state index is 0.320. The van der Waals surface area contributed by atoms with Crippen molar-refractivity contribution in [3.63, 3.8) is 0 Å². The summed E-state index contributed by atoms with van der Waals surface area (Å²) in [6.45, 7) is 1.09. The summed E-state index contributed by atoms with van der Waals surface area (Å²) in [6, 6.07) is 7.46. The Morgan fingerprint density at radius 2 is 1.85 bits per heavy atom. The van der Waals surface area contributed by atoms with Crippen molar-refractivity contribution in [2.24, 2.45) is 0 Å². The molecule has 0 radical (unpaired) electrons. The molecule has 0 saturated heterocycles. The SMILES string of the molecule is CNCc1coc(COc2c(OC)cccc2OC)c1. The van der Waals surface area contributed by atoms with Gasteiger partial charge in [-0.05, 0) is 25.2 Å². The molecule has 5 nitrogen and oxygen atoms in total. The van der Waals surface area contributed by atoms with Gasteiger partial charge in [0.05, 0.1) is 20.5 Å². The molecule has 5 heteroatoms. The van der Waals surface area contributed by atoms with Crippen molar-refractivity contribution >= 4 is 0 Å². The average molecular weight is 277 g/mol. The van der Waals surface area contributed by atoms with Crippen LogP contribution in [-0.2, 0) is 13.2 Å². The van der Waals surface area contributed by atoms with Gasteiger partial charge < -0.3 is 23.9 Å². The zero-order chi connectivity index (χ0) is 14.4. The van der Waals surface area contributed by atoms with Crippen LogP contribution >= 0.6 is 0 Å². The van der Waals surface area contributed by atoms with E-state index in [1.54, 1.807) is 20.5 Å². The van der Waals surface area contributed by atoms with Crippen molar-refractivity contribution < 1.29 is 18.6 Å². The van der Waals surface area contributed by atoms with Crippen LogP contribution in [0.1, 0.15) is 11.3 Å². The second kappa shape index (κ2) is 6.86. The molecule has 1 aromatic heterocycles. The Kier molecular flexibility index (Phi) is 4.90. The number of benzene rings is 1. The van der Waals surface area contributed by atoms with Gasteiger partial charge in [0, 0.05) is 12.1 Å². The van der Waals surface area contributed by atoms with Crippen LogP contribution in [0.4, 0.5) is 0 Å². The number of nitrogens with one attached hydrogen (secondary N) is 1. The molecule has 0 spiro atoms. The maximum absolute atomic E-state index is 5.76. The third-order valence-electron chi connectivity index (χ3n) is 2.83. The molecule has 0 bridgehead atoms. The van der Waals surface area contributed by atoms with Gasteiger partial charge in [-0.3, -0.25) is 0 Å². The summed E-state index contributed by atoms with van der Waals surface area (Å²) >= 11 is 0. The van der Waals surface area contributed by atoms with Crippen LogP contribution in [0.5, 0.6) is 17.2 Å². The molecule has 0 fully saturated rings. The highest BCUT2D eigenvalue weighted by Gasteiger charge is 2.12. The first kappa shape index (κ1) is 14.3. The summed E-state index contributed by atoms with van der Waals surface area (Å²) in [5.41, 5.74) is 1.08. The molecule has 0 unspecified atom stereocenters. The van der Waals surface area contributed by atoms with E-state index in [2.05, 4.69) is 5.32 Å². The van der Waals surface area contributed by atoms with E-state index in [0.29, 0.717) is 23.9 Å². The number of hydrogen-bond donors (Lipinski definition) is 1. The quantitative estimate of drug-likeness (QED) is 0.843. The van der Waals surface area contributed by atoms with Crippen LogP contribution in [0.25, 0.3) is 0 Å².